The lowest BCUT2D eigenvalue weighted by molar-refractivity contribution is -0.146. The highest BCUT2D eigenvalue weighted by molar-refractivity contribution is 9.10. The van der Waals surface area contributed by atoms with Gasteiger partial charge >= 0.3 is 19.1 Å². The first-order valence-electron chi connectivity index (χ1n) is 15.3. The van der Waals surface area contributed by atoms with Crippen molar-refractivity contribution >= 4 is 40.4 Å². The predicted octanol–water partition coefficient (Wildman–Crippen LogP) is 5.16. The van der Waals surface area contributed by atoms with E-state index in [1.165, 1.54) is 12.1 Å². The minimum Gasteiger partial charge on any atom is -0.482 e. The van der Waals surface area contributed by atoms with Gasteiger partial charge in [-0.2, -0.15) is 0 Å². The van der Waals surface area contributed by atoms with Crippen LogP contribution in [-0.4, -0.2) is 65.7 Å². The third-order valence-electron chi connectivity index (χ3n) is 6.39. The van der Waals surface area contributed by atoms with Crippen LogP contribution in [0.15, 0.2) is 102 Å². The number of carbonyl (C=O) groups excluding carboxylic acids is 2. The summed E-state index contributed by atoms with van der Waals surface area (Å²) in [5, 5.41) is 36.5. The van der Waals surface area contributed by atoms with Gasteiger partial charge in [-0.25, -0.2) is 9.59 Å². The van der Waals surface area contributed by atoms with Gasteiger partial charge in [0.25, 0.3) is 0 Å². The molecule has 0 aliphatic rings. The third-order valence-corrected chi connectivity index (χ3v) is 6.88. The van der Waals surface area contributed by atoms with Crippen LogP contribution in [0.25, 0.3) is 11.1 Å². The molecule has 4 N–H and O–H groups in total. The Bertz CT molecular complexity index is 1530. The third kappa shape index (κ3) is 15.1. The molecule has 0 saturated carbocycles. The Hall–Kier alpha value is -4.20. The van der Waals surface area contributed by atoms with E-state index in [0.717, 1.165) is 26.7 Å². The van der Waals surface area contributed by atoms with E-state index in [0.29, 0.717) is 30.2 Å². The Morgan fingerprint density at radius 2 is 1.12 bits per heavy atom. The molecular weight excluding hydrogens is 683 g/mol. The van der Waals surface area contributed by atoms with E-state index in [2.05, 4.69) is 20.7 Å². The zero-order valence-corrected chi connectivity index (χ0v) is 29.0. The average molecular weight is 725 g/mol. The zero-order chi connectivity index (χ0) is 35.5. The van der Waals surface area contributed by atoms with E-state index >= 15 is 0 Å². The highest BCUT2D eigenvalue weighted by Crippen LogP contribution is 2.25. The molecule has 2 unspecified atom stereocenters. The number of hydrogen-bond acceptors (Lipinski definition) is 10. The summed E-state index contributed by atoms with van der Waals surface area (Å²) in [6, 6.07) is 29.0. The molecule has 0 heterocycles. The Balaban J connectivity index is 0.000000269. The minimum absolute atomic E-state index is 0.0926. The van der Waals surface area contributed by atoms with Gasteiger partial charge in [0.15, 0.2) is 13.2 Å². The van der Waals surface area contributed by atoms with Crippen LogP contribution >= 0.6 is 15.9 Å². The first kappa shape index (κ1) is 40.0. The molecule has 0 amide bonds. The lowest BCUT2D eigenvalue weighted by atomic mass is 9.80. The van der Waals surface area contributed by atoms with Crippen molar-refractivity contribution in [2.24, 2.45) is 0 Å². The summed E-state index contributed by atoms with van der Waals surface area (Å²) < 4.78 is 21.0. The van der Waals surface area contributed by atoms with Gasteiger partial charge in [0.2, 0.25) is 0 Å². The first-order chi connectivity index (χ1) is 22.9. The van der Waals surface area contributed by atoms with Gasteiger partial charge in [0, 0.05) is 4.47 Å². The van der Waals surface area contributed by atoms with Crippen LogP contribution in [0.2, 0.25) is 0 Å². The summed E-state index contributed by atoms with van der Waals surface area (Å²) >= 11 is 3.32. The van der Waals surface area contributed by atoms with Crippen molar-refractivity contribution in [3.05, 3.63) is 113 Å². The van der Waals surface area contributed by atoms with E-state index in [-0.39, 0.29) is 25.3 Å². The Morgan fingerprint density at radius 3 is 1.54 bits per heavy atom. The van der Waals surface area contributed by atoms with Crippen molar-refractivity contribution in [1.82, 2.24) is 0 Å². The molecule has 0 radical (unpaired) electrons. The molecule has 4 aromatic carbocycles. The van der Waals surface area contributed by atoms with Gasteiger partial charge in [-0.05, 0) is 97.9 Å². The molecule has 0 bridgehead atoms. The van der Waals surface area contributed by atoms with Crippen LogP contribution in [0.5, 0.6) is 11.5 Å². The van der Waals surface area contributed by atoms with Crippen LogP contribution in [0.1, 0.15) is 51.0 Å². The molecule has 0 aliphatic carbocycles. The number of esters is 2. The van der Waals surface area contributed by atoms with Crippen LogP contribution in [0, 0.1) is 0 Å². The van der Waals surface area contributed by atoms with Gasteiger partial charge in [0.05, 0.1) is 25.4 Å². The lowest BCUT2D eigenvalue weighted by Crippen LogP contribution is -2.29. The van der Waals surface area contributed by atoms with E-state index in [9.17, 15) is 14.7 Å². The maximum atomic E-state index is 11.2. The fourth-order valence-electron chi connectivity index (χ4n) is 3.91. The van der Waals surface area contributed by atoms with E-state index in [1.807, 2.05) is 72.8 Å². The number of aliphatic hydroxyl groups excluding tert-OH is 2. The molecule has 0 spiro atoms. The van der Waals surface area contributed by atoms with Gasteiger partial charge in [-0.3, -0.25) is 0 Å². The van der Waals surface area contributed by atoms with Crippen LogP contribution in [0.3, 0.4) is 0 Å². The zero-order valence-electron chi connectivity index (χ0n) is 27.4. The summed E-state index contributed by atoms with van der Waals surface area (Å²) in [6.07, 6.45) is -0.871. The SMILES string of the molecule is CC(O)c1cccc(Br)c1.CCOC(=O)COc1ccc(-c2cccc(C(C)O)c2)cc1.CCOC(=O)COc1ccc(B(O)O)cc1. The number of benzene rings is 4. The fourth-order valence-corrected chi connectivity index (χ4v) is 4.33. The minimum atomic E-state index is -1.50. The number of halogens is 1. The fraction of sp³-hybridized carbons (Fsp3) is 0.278. The molecule has 10 nitrogen and oxygen atoms in total. The van der Waals surface area contributed by atoms with E-state index in [1.54, 1.807) is 39.8 Å². The van der Waals surface area contributed by atoms with E-state index in [4.69, 9.17) is 29.4 Å². The molecule has 2 atom stereocenters. The van der Waals surface area contributed by atoms with Crippen LogP contribution in [0.4, 0.5) is 0 Å². The van der Waals surface area contributed by atoms with Gasteiger partial charge < -0.3 is 39.2 Å². The van der Waals surface area contributed by atoms with Gasteiger partial charge in [-0.1, -0.05) is 70.5 Å². The van der Waals surface area contributed by atoms with Crippen molar-refractivity contribution in [2.75, 3.05) is 26.4 Å². The standard InChI is InChI=1S/C18H20O4.C10H13BO5.C8H9BrO/c1-3-21-18(20)12-22-17-9-7-14(8-10-17)16-6-4-5-15(11-16)13(2)19;1-2-15-10(12)7-16-9-5-3-8(4-6-9)11(13)14;1-6(10)7-3-2-4-8(9)5-7/h4-11,13,19H,3,12H2,1-2H3;3-6,13-14H,2,7H2,1H3;2-6,10H,1H3. The van der Waals surface area contributed by atoms with Crippen molar-refractivity contribution in [3.8, 4) is 22.6 Å². The number of rotatable bonds is 12. The Labute approximate surface area is 290 Å². The summed E-state index contributed by atoms with van der Waals surface area (Å²) in [5.41, 5.74) is 4.22. The topological polar surface area (TPSA) is 152 Å². The maximum Gasteiger partial charge on any atom is 0.488 e. The Morgan fingerprint density at radius 1 is 0.667 bits per heavy atom. The highest BCUT2D eigenvalue weighted by atomic mass is 79.9. The van der Waals surface area contributed by atoms with Crippen LogP contribution in [-0.2, 0) is 19.1 Å². The molecule has 12 heteroatoms. The highest BCUT2D eigenvalue weighted by Gasteiger charge is 2.11. The average Bonchev–Trinajstić information content (AvgIpc) is 3.08. The van der Waals surface area contributed by atoms with Crippen molar-refractivity contribution < 1.29 is 48.8 Å². The second-order valence-corrected chi connectivity index (χ2v) is 11.1. The quantitative estimate of drug-likeness (QED) is 0.114. The molecule has 256 valence electrons. The number of hydrogen-bond donors (Lipinski definition) is 4. The second kappa shape index (κ2) is 21.6. The van der Waals surface area contributed by atoms with E-state index < -0.39 is 19.2 Å². The number of aliphatic hydroxyl groups is 2. The summed E-state index contributed by atoms with van der Waals surface area (Å²) in [7, 11) is -1.50. The molecular formula is C36H42BBrO10. The lowest BCUT2D eigenvalue weighted by Gasteiger charge is -2.09. The van der Waals surface area contributed by atoms with Crippen molar-refractivity contribution in [1.29, 1.82) is 0 Å². The number of ether oxygens (including phenoxy) is 4. The summed E-state index contributed by atoms with van der Waals surface area (Å²) in [4.78, 5) is 22.2. The van der Waals surface area contributed by atoms with Gasteiger partial charge in [-0.15, -0.1) is 0 Å². The largest absolute Gasteiger partial charge is 0.488 e. The second-order valence-electron chi connectivity index (χ2n) is 10.2. The maximum absolute atomic E-state index is 11.2. The summed E-state index contributed by atoms with van der Waals surface area (Å²) in [6.45, 7) is 7.38. The first-order valence-corrected chi connectivity index (χ1v) is 16.1. The molecule has 48 heavy (non-hydrogen) atoms. The molecule has 0 fully saturated rings. The Kier molecular flexibility index (Phi) is 18.0. The monoisotopic (exact) mass is 724 g/mol. The van der Waals surface area contributed by atoms with Crippen LogP contribution < -0.4 is 14.9 Å². The summed E-state index contributed by atoms with van der Waals surface area (Å²) in [5.74, 6) is 0.269. The van der Waals surface area contributed by atoms with Crippen molar-refractivity contribution in [3.63, 3.8) is 0 Å². The smallest absolute Gasteiger partial charge is 0.482 e. The molecule has 0 saturated heterocycles. The van der Waals surface area contributed by atoms with Gasteiger partial charge in [0.1, 0.15) is 11.5 Å². The predicted molar refractivity (Wildman–Crippen MR) is 188 cm³/mol. The normalized spacial score (nSPS) is 11.4. The number of carbonyl (C=O) groups is 2. The molecule has 0 aromatic heterocycles. The molecule has 0 aliphatic heterocycles. The molecule has 4 rings (SSSR count). The van der Waals surface area contributed by atoms with Crippen molar-refractivity contribution in [2.45, 2.75) is 39.9 Å². The molecule has 4 aromatic rings.